The van der Waals surface area contributed by atoms with Crippen LogP contribution in [0.2, 0.25) is 5.02 Å². The monoisotopic (exact) mass is 368 g/mol. The van der Waals surface area contributed by atoms with E-state index in [0.717, 1.165) is 35.2 Å². The fourth-order valence-corrected chi connectivity index (χ4v) is 3.19. The number of hydrogen-bond acceptors (Lipinski definition) is 3. The molecule has 1 amide bonds. The largest absolute Gasteiger partial charge is 0.320 e. The van der Waals surface area contributed by atoms with Crippen LogP contribution in [0.5, 0.6) is 0 Å². The van der Waals surface area contributed by atoms with E-state index in [1.807, 2.05) is 49.4 Å². The molecular formula is C20H21ClN4O. The van der Waals surface area contributed by atoms with Gasteiger partial charge in [0.15, 0.2) is 5.69 Å². The van der Waals surface area contributed by atoms with Crippen molar-refractivity contribution in [3.8, 4) is 0 Å². The van der Waals surface area contributed by atoms with Gasteiger partial charge >= 0.3 is 0 Å². The Hall–Kier alpha value is -2.66. The van der Waals surface area contributed by atoms with Gasteiger partial charge in [0.1, 0.15) is 0 Å². The van der Waals surface area contributed by atoms with Crippen molar-refractivity contribution in [2.24, 2.45) is 0 Å². The summed E-state index contributed by atoms with van der Waals surface area (Å²) in [4.78, 5) is 12.7. The third-order valence-corrected chi connectivity index (χ3v) is 4.63. The van der Waals surface area contributed by atoms with E-state index in [1.165, 1.54) is 0 Å². The first-order chi connectivity index (χ1) is 12.6. The van der Waals surface area contributed by atoms with Crippen LogP contribution in [-0.2, 0) is 19.4 Å². The molecule has 0 saturated carbocycles. The summed E-state index contributed by atoms with van der Waals surface area (Å²) in [6.07, 6.45) is 3.20. The Labute approximate surface area is 158 Å². The average Bonchev–Trinajstić information content (AvgIpc) is 3.11. The normalized spacial score (nSPS) is 10.7. The second kappa shape index (κ2) is 8.15. The van der Waals surface area contributed by atoms with Crippen LogP contribution in [0.1, 0.15) is 41.0 Å². The summed E-state index contributed by atoms with van der Waals surface area (Å²) < 4.78 is 1.66. The maximum absolute atomic E-state index is 12.7. The van der Waals surface area contributed by atoms with Crippen LogP contribution in [0.4, 0.5) is 5.69 Å². The number of aromatic nitrogens is 3. The maximum Gasteiger partial charge on any atom is 0.277 e. The summed E-state index contributed by atoms with van der Waals surface area (Å²) in [6.45, 7) is 4.64. The van der Waals surface area contributed by atoms with Crippen LogP contribution in [0.15, 0.2) is 48.7 Å². The standard InChI is InChI=1S/C20H21ClN4O/c1-3-15-10-11-17(21)16(4-2)19(15)22-20(26)18-13-25(24-23-18)12-14-8-6-5-7-9-14/h5-11,13H,3-4,12H2,1-2H3,(H,22,26). The smallest absolute Gasteiger partial charge is 0.277 e. The Morgan fingerprint density at radius 2 is 1.88 bits per heavy atom. The predicted octanol–water partition coefficient (Wildman–Crippen LogP) is 4.36. The lowest BCUT2D eigenvalue weighted by Gasteiger charge is -2.15. The van der Waals surface area contributed by atoms with Crippen LogP contribution >= 0.6 is 11.6 Å². The molecule has 3 rings (SSSR count). The van der Waals surface area contributed by atoms with Gasteiger partial charge in [-0.2, -0.15) is 0 Å². The van der Waals surface area contributed by atoms with E-state index in [2.05, 4.69) is 22.6 Å². The fraction of sp³-hybridized carbons (Fsp3) is 0.250. The second-order valence-corrected chi connectivity index (χ2v) is 6.42. The number of anilines is 1. The minimum absolute atomic E-state index is 0.282. The quantitative estimate of drug-likeness (QED) is 0.703. The van der Waals surface area contributed by atoms with Gasteiger partial charge < -0.3 is 5.32 Å². The first-order valence-electron chi connectivity index (χ1n) is 8.68. The highest BCUT2D eigenvalue weighted by Crippen LogP contribution is 2.29. The van der Waals surface area contributed by atoms with Crippen LogP contribution in [0.25, 0.3) is 0 Å². The van der Waals surface area contributed by atoms with Gasteiger partial charge in [-0.15, -0.1) is 5.10 Å². The lowest BCUT2D eigenvalue weighted by molar-refractivity contribution is 0.102. The number of carbonyl (C=O) groups excluding carboxylic acids is 1. The molecule has 0 spiro atoms. The Kier molecular flexibility index (Phi) is 5.68. The molecule has 0 unspecified atom stereocenters. The van der Waals surface area contributed by atoms with Gasteiger partial charge in [0.2, 0.25) is 0 Å². The summed E-state index contributed by atoms with van der Waals surface area (Å²) >= 11 is 6.30. The number of nitrogens with zero attached hydrogens (tertiary/aromatic N) is 3. The first-order valence-corrected chi connectivity index (χ1v) is 9.05. The van der Waals surface area contributed by atoms with Crippen molar-refractivity contribution < 1.29 is 4.79 Å². The highest BCUT2D eigenvalue weighted by atomic mass is 35.5. The number of aryl methyl sites for hydroxylation is 1. The summed E-state index contributed by atoms with van der Waals surface area (Å²) in [7, 11) is 0. The number of rotatable bonds is 6. The number of hydrogen-bond donors (Lipinski definition) is 1. The number of carbonyl (C=O) groups is 1. The molecule has 6 heteroatoms. The lowest BCUT2D eigenvalue weighted by atomic mass is 10.0. The maximum atomic E-state index is 12.7. The van der Waals surface area contributed by atoms with Gasteiger partial charge in [-0.1, -0.05) is 67.1 Å². The fourth-order valence-electron chi connectivity index (χ4n) is 2.89. The molecule has 0 fully saturated rings. The molecular weight excluding hydrogens is 348 g/mol. The van der Waals surface area contributed by atoms with Crippen molar-refractivity contribution >= 4 is 23.2 Å². The zero-order valence-electron chi connectivity index (χ0n) is 14.9. The number of nitrogens with one attached hydrogen (secondary N) is 1. The molecule has 0 atom stereocenters. The third-order valence-electron chi connectivity index (χ3n) is 4.27. The summed E-state index contributed by atoms with van der Waals surface area (Å²) in [5.41, 5.74) is 4.16. The molecule has 3 aromatic rings. The Bertz CT molecular complexity index is 905. The minimum atomic E-state index is -0.282. The molecule has 5 nitrogen and oxygen atoms in total. The van der Waals surface area contributed by atoms with Gasteiger partial charge in [0.25, 0.3) is 5.91 Å². The third kappa shape index (κ3) is 3.94. The molecule has 0 aliphatic rings. The van der Waals surface area contributed by atoms with Crippen LogP contribution < -0.4 is 5.32 Å². The van der Waals surface area contributed by atoms with Crippen molar-refractivity contribution in [3.63, 3.8) is 0 Å². The predicted molar refractivity (Wildman–Crippen MR) is 104 cm³/mol. The van der Waals surface area contributed by atoms with Crippen LogP contribution in [0.3, 0.4) is 0 Å². The topological polar surface area (TPSA) is 59.8 Å². The highest BCUT2D eigenvalue weighted by Gasteiger charge is 2.16. The summed E-state index contributed by atoms with van der Waals surface area (Å²) in [6, 6.07) is 13.7. The van der Waals surface area contributed by atoms with Crippen molar-refractivity contribution in [2.75, 3.05) is 5.32 Å². The highest BCUT2D eigenvalue weighted by molar-refractivity contribution is 6.32. The van der Waals surface area contributed by atoms with E-state index in [-0.39, 0.29) is 11.6 Å². The van der Waals surface area contributed by atoms with E-state index in [4.69, 9.17) is 11.6 Å². The van der Waals surface area contributed by atoms with Gasteiger partial charge in [0.05, 0.1) is 12.7 Å². The van der Waals surface area contributed by atoms with Crippen molar-refractivity contribution in [3.05, 3.63) is 76.1 Å². The molecule has 0 bridgehead atoms. The summed E-state index contributed by atoms with van der Waals surface area (Å²) in [5, 5.41) is 11.7. The van der Waals surface area contributed by atoms with Gasteiger partial charge in [-0.3, -0.25) is 4.79 Å². The molecule has 2 aromatic carbocycles. The average molecular weight is 369 g/mol. The summed E-state index contributed by atoms with van der Waals surface area (Å²) in [5.74, 6) is -0.282. The molecule has 0 aliphatic carbocycles. The Morgan fingerprint density at radius 1 is 1.12 bits per heavy atom. The lowest BCUT2D eigenvalue weighted by Crippen LogP contribution is -2.15. The van der Waals surface area contributed by atoms with Gasteiger partial charge in [-0.05, 0) is 35.6 Å². The van der Waals surface area contributed by atoms with Crippen LogP contribution in [-0.4, -0.2) is 20.9 Å². The molecule has 0 saturated heterocycles. The van der Waals surface area contributed by atoms with Crippen molar-refractivity contribution in [1.82, 2.24) is 15.0 Å². The van der Waals surface area contributed by atoms with Gasteiger partial charge in [-0.25, -0.2) is 4.68 Å². The molecule has 1 aromatic heterocycles. The second-order valence-electron chi connectivity index (χ2n) is 6.01. The molecule has 134 valence electrons. The molecule has 0 aliphatic heterocycles. The Morgan fingerprint density at radius 3 is 2.58 bits per heavy atom. The van der Waals surface area contributed by atoms with E-state index in [0.29, 0.717) is 11.6 Å². The van der Waals surface area contributed by atoms with E-state index >= 15 is 0 Å². The molecule has 0 radical (unpaired) electrons. The minimum Gasteiger partial charge on any atom is -0.320 e. The first kappa shape index (κ1) is 18.1. The zero-order chi connectivity index (χ0) is 18.5. The number of halogens is 1. The van der Waals surface area contributed by atoms with Crippen molar-refractivity contribution in [2.45, 2.75) is 33.2 Å². The van der Waals surface area contributed by atoms with Crippen molar-refractivity contribution in [1.29, 1.82) is 0 Å². The molecule has 26 heavy (non-hydrogen) atoms. The SMILES string of the molecule is CCc1ccc(Cl)c(CC)c1NC(=O)c1cn(Cc2ccccc2)nn1. The van der Waals surface area contributed by atoms with Crippen LogP contribution in [0, 0.1) is 0 Å². The Balaban J connectivity index is 1.80. The van der Waals surface area contributed by atoms with E-state index in [9.17, 15) is 4.79 Å². The molecule has 1 heterocycles. The van der Waals surface area contributed by atoms with E-state index < -0.39 is 0 Å². The van der Waals surface area contributed by atoms with E-state index in [1.54, 1.807) is 10.9 Å². The number of benzene rings is 2. The molecule has 1 N–H and O–H groups in total. The zero-order valence-corrected chi connectivity index (χ0v) is 15.6. The number of amides is 1. The van der Waals surface area contributed by atoms with Gasteiger partial charge in [0, 0.05) is 10.7 Å².